The van der Waals surface area contributed by atoms with E-state index in [-0.39, 0.29) is 12.5 Å². The van der Waals surface area contributed by atoms with Gasteiger partial charge in [-0.05, 0) is 19.1 Å². The summed E-state index contributed by atoms with van der Waals surface area (Å²) in [5.74, 6) is 1.55. The molecule has 0 saturated heterocycles. The number of ether oxygens (including phenoxy) is 2. The highest BCUT2D eigenvalue weighted by Crippen LogP contribution is 2.31. The zero-order chi connectivity index (χ0) is 13.2. The van der Waals surface area contributed by atoms with Crippen LogP contribution in [0.3, 0.4) is 0 Å². The lowest BCUT2D eigenvalue weighted by Gasteiger charge is -2.25. The molecule has 2 N–H and O–H groups in total. The molecule has 0 aliphatic carbocycles. The molecule has 0 saturated carbocycles. The van der Waals surface area contributed by atoms with Crippen LogP contribution in [0, 0.1) is 6.92 Å². The zero-order valence-corrected chi connectivity index (χ0v) is 10.3. The summed E-state index contributed by atoms with van der Waals surface area (Å²) in [6.07, 6.45) is 0.973. The van der Waals surface area contributed by atoms with Gasteiger partial charge in [0.15, 0.2) is 11.5 Å². The summed E-state index contributed by atoms with van der Waals surface area (Å²) in [5.41, 5.74) is 0.866. The van der Waals surface area contributed by atoms with Crippen LogP contribution in [-0.2, 0) is 4.79 Å². The van der Waals surface area contributed by atoms with Gasteiger partial charge in [0, 0.05) is 5.56 Å². The van der Waals surface area contributed by atoms with Crippen molar-refractivity contribution in [3.8, 4) is 11.5 Å². The molecular weight excluding hydrogens is 246 g/mol. The molecule has 1 aromatic heterocycles. The van der Waals surface area contributed by atoms with Crippen molar-refractivity contribution in [2.75, 3.05) is 11.9 Å². The fourth-order valence-electron chi connectivity index (χ4n) is 1.83. The fourth-order valence-corrected chi connectivity index (χ4v) is 1.83. The molecule has 1 aromatic carbocycles. The van der Waals surface area contributed by atoms with E-state index in [0.717, 1.165) is 5.56 Å². The van der Waals surface area contributed by atoms with Crippen molar-refractivity contribution in [1.29, 1.82) is 0 Å². The van der Waals surface area contributed by atoms with Gasteiger partial charge in [-0.1, -0.05) is 12.1 Å². The summed E-state index contributed by atoms with van der Waals surface area (Å²) in [4.78, 5) is 12.1. The quantitative estimate of drug-likeness (QED) is 0.856. The Balaban J connectivity index is 1.71. The molecule has 3 rings (SSSR count). The van der Waals surface area contributed by atoms with Crippen molar-refractivity contribution in [1.82, 2.24) is 10.2 Å². The van der Waals surface area contributed by atoms with Crippen LogP contribution in [-0.4, -0.2) is 28.8 Å². The summed E-state index contributed by atoms with van der Waals surface area (Å²) in [6.45, 7) is 2.04. The number of aromatic amines is 1. The third-order valence-electron chi connectivity index (χ3n) is 2.88. The maximum atomic E-state index is 12.1. The second kappa shape index (κ2) is 4.64. The van der Waals surface area contributed by atoms with Crippen LogP contribution in [0.5, 0.6) is 11.5 Å². The highest BCUT2D eigenvalue weighted by molar-refractivity contribution is 5.94. The van der Waals surface area contributed by atoms with E-state index in [4.69, 9.17) is 9.47 Å². The van der Waals surface area contributed by atoms with E-state index in [1.165, 1.54) is 0 Å². The Morgan fingerprint density at radius 1 is 1.42 bits per heavy atom. The monoisotopic (exact) mass is 259 g/mol. The number of rotatable bonds is 2. The average Bonchev–Trinajstić information content (AvgIpc) is 2.84. The molecule has 0 bridgehead atoms. The Bertz CT molecular complexity index is 609. The van der Waals surface area contributed by atoms with Crippen molar-refractivity contribution >= 4 is 11.7 Å². The minimum Gasteiger partial charge on any atom is -0.485 e. The van der Waals surface area contributed by atoms with Crippen LogP contribution >= 0.6 is 0 Å². The van der Waals surface area contributed by atoms with Gasteiger partial charge in [-0.15, -0.1) is 0 Å². The van der Waals surface area contributed by atoms with Crippen molar-refractivity contribution in [3.63, 3.8) is 0 Å². The topological polar surface area (TPSA) is 76.2 Å². The molecule has 0 spiro atoms. The van der Waals surface area contributed by atoms with Crippen LogP contribution in [0.4, 0.5) is 5.82 Å². The van der Waals surface area contributed by atoms with Gasteiger partial charge >= 0.3 is 0 Å². The average molecular weight is 259 g/mol. The van der Waals surface area contributed by atoms with E-state index < -0.39 is 6.10 Å². The number of aromatic nitrogens is 2. The summed E-state index contributed by atoms with van der Waals surface area (Å²) in [6, 6.07) is 7.27. The van der Waals surface area contributed by atoms with Crippen molar-refractivity contribution in [2.45, 2.75) is 13.0 Å². The summed E-state index contributed by atoms with van der Waals surface area (Å²) >= 11 is 0. The Morgan fingerprint density at radius 3 is 2.95 bits per heavy atom. The van der Waals surface area contributed by atoms with Crippen LogP contribution in [0.25, 0.3) is 0 Å². The van der Waals surface area contributed by atoms with Crippen LogP contribution in [0.1, 0.15) is 5.56 Å². The number of H-pyrrole nitrogens is 1. The zero-order valence-electron chi connectivity index (χ0n) is 10.3. The molecule has 1 atom stereocenters. The first-order valence-electron chi connectivity index (χ1n) is 5.93. The van der Waals surface area contributed by atoms with E-state index in [1.54, 1.807) is 12.3 Å². The second-order valence-corrected chi connectivity index (χ2v) is 4.28. The van der Waals surface area contributed by atoms with Crippen LogP contribution in [0.15, 0.2) is 30.5 Å². The lowest BCUT2D eigenvalue weighted by molar-refractivity contribution is -0.125. The van der Waals surface area contributed by atoms with Crippen molar-refractivity contribution < 1.29 is 14.3 Å². The molecule has 19 heavy (non-hydrogen) atoms. The van der Waals surface area contributed by atoms with E-state index >= 15 is 0 Å². The lowest BCUT2D eigenvalue weighted by atomic mass is 10.2. The SMILES string of the molecule is Cc1cn[nH]c1NC(=O)C1COc2ccccc2O1. The minimum absolute atomic E-state index is 0.191. The standard InChI is InChI=1S/C13H13N3O3/c1-8-6-14-16-12(8)15-13(17)11-7-18-9-4-2-3-5-10(9)19-11/h2-6,11H,7H2,1H3,(H2,14,15,16,17). The smallest absolute Gasteiger partial charge is 0.270 e. The summed E-state index contributed by atoms with van der Waals surface area (Å²) < 4.78 is 11.1. The van der Waals surface area contributed by atoms with E-state index in [9.17, 15) is 4.79 Å². The van der Waals surface area contributed by atoms with Crippen molar-refractivity contribution in [2.24, 2.45) is 0 Å². The van der Waals surface area contributed by atoms with Gasteiger partial charge in [-0.3, -0.25) is 9.89 Å². The Morgan fingerprint density at radius 2 is 2.21 bits per heavy atom. The molecule has 2 aromatic rings. The predicted octanol–water partition coefficient (Wildman–Crippen LogP) is 1.50. The molecule has 6 heteroatoms. The van der Waals surface area contributed by atoms with Crippen molar-refractivity contribution in [3.05, 3.63) is 36.0 Å². The number of anilines is 1. The van der Waals surface area contributed by atoms with E-state index in [0.29, 0.717) is 17.3 Å². The number of fused-ring (bicyclic) bond motifs is 1. The molecule has 0 radical (unpaired) electrons. The highest BCUT2D eigenvalue weighted by atomic mass is 16.6. The molecule has 0 fully saturated rings. The molecule has 1 unspecified atom stereocenters. The molecule has 1 amide bonds. The predicted molar refractivity (Wildman–Crippen MR) is 68.3 cm³/mol. The number of aryl methyl sites for hydroxylation is 1. The number of benzene rings is 1. The minimum atomic E-state index is -0.669. The summed E-state index contributed by atoms with van der Waals surface area (Å²) in [5, 5.41) is 9.29. The third-order valence-corrected chi connectivity index (χ3v) is 2.88. The molecule has 98 valence electrons. The third kappa shape index (κ3) is 2.24. The maximum absolute atomic E-state index is 12.1. The van der Waals surface area contributed by atoms with E-state index in [2.05, 4.69) is 15.5 Å². The Labute approximate surface area is 109 Å². The Hall–Kier alpha value is -2.50. The van der Waals surface area contributed by atoms with Gasteiger partial charge in [-0.25, -0.2) is 0 Å². The van der Waals surface area contributed by atoms with Crippen LogP contribution in [0.2, 0.25) is 0 Å². The van der Waals surface area contributed by atoms with Gasteiger partial charge < -0.3 is 14.8 Å². The van der Waals surface area contributed by atoms with E-state index in [1.807, 2.05) is 25.1 Å². The highest BCUT2D eigenvalue weighted by Gasteiger charge is 2.27. The number of amides is 1. The van der Waals surface area contributed by atoms with Gasteiger partial charge in [-0.2, -0.15) is 5.10 Å². The summed E-state index contributed by atoms with van der Waals surface area (Å²) in [7, 11) is 0. The number of nitrogens with one attached hydrogen (secondary N) is 2. The lowest BCUT2D eigenvalue weighted by Crippen LogP contribution is -2.40. The number of hydrogen-bond acceptors (Lipinski definition) is 4. The van der Waals surface area contributed by atoms with Gasteiger partial charge in [0.05, 0.1) is 6.20 Å². The second-order valence-electron chi connectivity index (χ2n) is 4.28. The number of nitrogens with zero attached hydrogens (tertiary/aromatic N) is 1. The van der Waals surface area contributed by atoms with Gasteiger partial charge in [0.25, 0.3) is 5.91 Å². The normalized spacial score (nSPS) is 17.0. The fraction of sp³-hybridized carbons (Fsp3) is 0.231. The first-order valence-corrected chi connectivity index (χ1v) is 5.93. The molecule has 6 nitrogen and oxygen atoms in total. The molecule has 1 aliphatic rings. The van der Waals surface area contributed by atoms with Crippen LogP contribution < -0.4 is 14.8 Å². The maximum Gasteiger partial charge on any atom is 0.270 e. The Kier molecular flexibility index (Phi) is 2.83. The number of para-hydroxylation sites is 2. The van der Waals surface area contributed by atoms with Gasteiger partial charge in [0.2, 0.25) is 6.10 Å². The molecule has 2 heterocycles. The number of carbonyl (C=O) groups is 1. The first-order chi connectivity index (χ1) is 9.24. The first kappa shape index (κ1) is 11.6. The van der Waals surface area contributed by atoms with Gasteiger partial charge in [0.1, 0.15) is 12.4 Å². The molecular formula is C13H13N3O3. The number of hydrogen-bond donors (Lipinski definition) is 2. The largest absolute Gasteiger partial charge is 0.485 e. The number of carbonyl (C=O) groups excluding carboxylic acids is 1. The molecule has 1 aliphatic heterocycles.